The van der Waals surface area contributed by atoms with Crippen LogP contribution in [0.1, 0.15) is 42.2 Å². The van der Waals surface area contributed by atoms with Crippen LogP contribution in [-0.2, 0) is 4.79 Å². The first-order valence-corrected chi connectivity index (χ1v) is 6.92. The van der Waals surface area contributed by atoms with Gasteiger partial charge in [-0.05, 0) is 36.0 Å². The molecule has 0 amide bonds. The maximum absolute atomic E-state index is 10.5. The highest BCUT2D eigenvalue weighted by Crippen LogP contribution is 2.29. The van der Waals surface area contributed by atoms with Crippen LogP contribution in [0.3, 0.4) is 0 Å². The van der Waals surface area contributed by atoms with Gasteiger partial charge >= 0.3 is 5.97 Å². The monoisotopic (exact) mass is 276 g/mol. The van der Waals surface area contributed by atoms with Gasteiger partial charge in [0.25, 0.3) is 0 Å². The van der Waals surface area contributed by atoms with Gasteiger partial charge in [0.1, 0.15) is 0 Å². The second-order valence-corrected chi connectivity index (χ2v) is 5.21. The van der Waals surface area contributed by atoms with E-state index in [0.717, 1.165) is 18.4 Å². The van der Waals surface area contributed by atoms with Crippen molar-refractivity contribution in [1.82, 2.24) is 0 Å². The van der Waals surface area contributed by atoms with Crippen LogP contribution in [0.2, 0.25) is 0 Å². The predicted molar refractivity (Wildman–Crippen MR) is 78.3 cm³/mol. The Kier molecular flexibility index (Phi) is 4.80. The van der Waals surface area contributed by atoms with Crippen LogP contribution in [0.4, 0.5) is 0 Å². The van der Waals surface area contributed by atoms with E-state index in [4.69, 9.17) is 16.7 Å². The first-order chi connectivity index (χ1) is 9.16. The van der Waals surface area contributed by atoms with Crippen LogP contribution >= 0.6 is 11.6 Å². The molecule has 1 aromatic carbocycles. The van der Waals surface area contributed by atoms with Crippen molar-refractivity contribution in [3.63, 3.8) is 0 Å². The van der Waals surface area contributed by atoms with Crippen molar-refractivity contribution in [3.05, 3.63) is 53.6 Å². The summed E-state index contributed by atoms with van der Waals surface area (Å²) in [6.07, 6.45) is 9.11. The Balaban J connectivity index is 2.03. The fraction of sp³-hybridized carbons (Fsp3) is 0.312. The summed E-state index contributed by atoms with van der Waals surface area (Å²) in [5, 5.41) is 8.42. The fourth-order valence-corrected chi connectivity index (χ4v) is 2.42. The number of hydrogen-bond acceptors (Lipinski definition) is 1. The predicted octanol–water partition coefficient (Wildman–Crippen LogP) is 4.56. The van der Waals surface area contributed by atoms with Crippen LogP contribution < -0.4 is 0 Å². The van der Waals surface area contributed by atoms with Gasteiger partial charge in [0.15, 0.2) is 0 Å². The second-order valence-electron chi connectivity index (χ2n) is 4.68. The van der Waals surface area contributed by atoms with Crippen LogP contribution in [-0.4, -0.2) is 11.1 Å². The molecule has 1 atom stereocenters. The smallest absolute Gasteiger partial charge is 0.303 e. The van der Waals surface area contributed by atoms with Crippen LogP contribution in [0.15, 0.2) is 42.5 Å². The second kappa shape index (κ2) is 6.58. The SMILES string of the molecule is O=C(O)CCC(Cl)c1ccc(C2=CC=CCC2)cc1. The third-order valence-corrected chi connectivity index (χ3v) is 3.74. The highest BCUT2D eigenvalue weighted by Gasteiger charge is 2.11. The van der Waals surface area contributed by atoms with E-state index in [1.807, 2.05) is 12.1 Å². The third-order valence-electron chi connectivity index (χ3n) is 3.27. The number of allylic oxidation sites excluding steroid dienone is 4. The zero-order valence-corrected chi connectivity index (χ0v) is 11.4. The van der Waals surface area contributed by atoms with E-state index in [0.29, 0.717) is 6.42 Å². The maximum Gasteiger partial charge on any atom is 0.303 e. The minimum absolute atomic E-state index is 0.103. The number of benzene rings is 1. The maximum atomic E-state index is 10.5. The largest absolute Gasteiger partial charge is 0.481 e. The van der Waals surface area contributed by atoms with Crippen molar-refractivity contribution < 1.29 is 9.90 Å². The summed E-state index contributed by atoms with van der Waals surface area (Å²) in [5.41, 5.74) is 3.54. The summed E-state index contributed by atoms with van der Waals surface area (Å²) in [4.78, 5) is 10.5. The molecule has 0 spiro atoms. The Bertz CT molecular complexity index is 500. The van der Waals surface area contributed by atoms with Gasteiger partial charge in [-0.3, -0.25) is 4.79 Å². The number of carboxylic acid groups (broad SMARTS) is 1. The molecule has 2 rings (SSSR count). The molecule has 0 aliphatic heterocycles. The average molecular weight is 277 g/mol. The topological polar surface area (TPSA) is 37.3 Å². The Morgan fingerprint density at radius 1 is 1.32 bits per heavy atom. The van der Waals surface area contributed by atoms with Crippen molar-refractivity contribution in [3.8, 4) is 0 Å². The molecular weight excluding hydrogens is 260 g/mol. The lowest BCUT2D eigenvalue weighted by molar-refractivity contribution is -0.137. The molecule has 1 aromatic rings. The van der Waals surface area contributed by atoms with Gasteiger partial charge in [-0.1, -0.05) is 42.5 Å². The number of rotatable bonds is 5. The van der Waals surface area contributed by atoms with Crippen molar-refractivity contribution >= 4 is 23.1 Å². The summed E-state index contributed by atoms with van der Waals surface area (Å²) in [5.74, 6) is -0.804. The van der Waals surface area contributed by atoms with Crippen molar-refractivity contribution in [2.24, 2.45) is 0 Å². The molecule has 1 aliphatic rings. The molecular formula is C16H17ClO2. The van der Waals surface area contributed by atoms with Crippen LogP contribution in [0.5, 0.6) is 0 Å². The quantitative estimate of drug-likeness (QED) is 0.800. The molecule has 3 heteroatoms. The zero-order chi connectivity index (χ0) is 13.7. The van der Waals surface area contributed by atoms with E-state index in [9.17, 15) is 4.79 Å². The Morgan fingerprint density at radius 3 is 2.63 bits per heavy atom. The van der Waals surface area contributed by atoms with Gasteiger partial charge < -0.3 is 5.11 Å². The number of carboxylic acids is 1. The number of carbonyl (C=O) groups is 1. The lowest BCUT2D eigenvalue weighted by Gasteiger charge is -2.12. The summed E-state index contributed by atoms with van der Waals surface area (Å²) >= 11 is 6.20. The summed E-state index contributed by atoms with van der Waals surface area (Å²) < 4.78 is 0. The first kappa shape index (κ1) is 13.9. The molecule has 0 saturated heterocycles. The highest BCUT2D eigenvalue weighted by molar-refractivity contribution is 6.20. The van der Waals surface area contributed by atoms with Gasteiger partial charge in [0, 0.05) is 6.42 Å². The Hall–Kier alpha value is -1.54. The highest BCUT2D eigenvalue weighted by atomic mass is 35.5. The Labute approximate surface area is 118 Å². The van der Waals surface area contributed by atoms with Crippen LogP contribution in [0.25, 0.3) is 5.57 Å². The van der Waals surface area contributed by atoms with E-state index in [2.05, 4.69) is 30.4 Å². The molecule has 0 fully saturated rings. The van der Waals surface area contributed by atoms with E-state index >= 15 is 0 Å². The molecule has 0 aromatic heterocycles. The summed E-state index contributed by atoms with van der Waals surface area (Å²) in [7, 11) is 0. The van der Waals surface area contributed by atoms with Gasteiger partial charge in [0.2, 0.25) is 0 Å². The first-order valence-electron chi connectivity index (χ1n) is 6.48. The van der Waals surface area contributed by atoms with E-state index in [1.54, 1.807) is 0 Å². The molecule has 1 unspecified atom stereocenters. The zero-order valence-electron chi connectivity index (χ0n) is 10.7. The van der Waals surface area contributed by atoms with Gasteiger partial charge in [0.05, 0.1) is 5.38 Å². The minimum Gasteiger partial charge on any atom is -0.481 e. The molecule has 19 heavy (non-hydrogen) atoms. The molecule has 0 bridgehead atoms. The molecule has 0 heterocycles. The molecule has 2 nitrogen and oxygen atoms in total. The normalized spacial score (nSPS) is 15.9. The standard InChI is InChI=1S/C16H17ClO2/c17-15(10-11-16(18)19)14-8-6-13(7-9-14)12-4-2-1-3-5-12/h1-2,4,6-9,15H,3,5,10-11H2,(H,18,19). The summed E-state index contributed by atoms with van der Waals surface area (Å²) in [6.45, 7) is 0. The van der Waals surface area contributed by atoms with Crippen molar-refractivity contribution in [2.45, 2.75) is 31.1 Å². The minimum atomic E-state index is -0.804. The third kappa shape index (κ3) is 3.97. The number of hydrogen-bond donors (Lipinski definition) is 1. The van der Waals surface area contributed by atoms with E-state index < -0.39 is 5.97 Å². The lowest BCUT2D eigenvalue weighted by atomic mass is 9.96. The molecule has 100 valence electrons. The molecule has 1 N–H and O–H groups in total. The molecule has 0 saturated carbocycles. The summed E-state index contributed by atoms with van der Waals surface area (Å²) in [6, 6.07) is 8.12. The fourth-order valence-electron chi connectivity index (χ4n) is 2.17. The van der Waals surface area contributed by atoms with Crippen LogP contribution in [0, 0.1) is 0 Å². The lowest BCUT2D eigenvalue weighted by Crippen LogP contribution is -1.98. The van der Waals surface area contributed by atoms with E-state index in [1.165, 1.54) is 11.1 Å². The number of alkyl halides is 1. The van der Waals surface area contributed by atoms with Gasteiger partial charge in [-0.2, -0.15) is 0 Å². The van der Waals surface area contributed by atoms with Crippen molar-refractivity contribution in [1.29, 1.82) is 0 Å². The van der Waals surface area contributed by atoms with E-state index in [-0.39, 0.29) is 11.8 Å². The molecule has 1 aliphatic carbocycles. The number of aliphatic carboxylic acids is 1. The van der Waals surface area contributed by atoms with Crippen molar-refractivity contribution in [2.75, 3.05) is 0 Å². The molecule has 0 radical (unpaired) electrons. The van der Waals surface area contributed by atoms with Gasteiger partial charge in [-0.15, -0.1) is 11.6 Å². The average Bonchev–Trinajstić information content (AvgIpc) is 2.46. The number of halogens is 1. The van der Waals surface area contributed by atoms with Gasteiger partial charge in [-0.25, -0.2) is 0 Å². The Morgan fingerprint density at radius 2 is 2.05 bits per heavy atom.